The fourth-order valence-corrected chi connectivity index (χ4v) is 3.01. The molecular formula is C9H10ClNOS. The van der Waals surface area contributed by atoms with Crippen LogP contribution in [0.2, 0.25) is 0 Å². The van der Waals surface area contributed by atoms with E-state index in [0.29, 0.717) is 0 Å². The van der Waals surface area contributed by atoms with Crippen molar-refractivity contribution < 1.29 is 4.79 Å². The van der Waals surface area contributed by atoms with Gasteiger partial charge in [0.25, 0.3) is 5.24 Å². The molecule has 2 nitrogen and oxygen atoms in total. The van der Waals surface area contributed by atoms with Crippen LogP contribution >= 0.6 is 22.9 Å². The van der Waals surface area contributed by atoms with Crippen LogP contribution in [0.3, 0.4) is 0 Å². The molecule has 0 bridgehead atoms. The summed E-state index contributed by atoms with van der Waals surface area (Å²) in [5.74, 6) is 0. The molecule has 0 aromatic carbocycles. The molecule has 0 N–H and O–H groups in total. The van der Waals surface area contributed by atoms with E-state index in [1.54, 1.807) is 11.3 Å². The summed E-state index contributed by atoms with van der Waals surface area (Å²) in [6, 6.07) is 0. The van der Waals surface area contributed by atoms with E-state index >= 15 is 0 Å². The molecule has 1 aromatic rings. The molecular weight excluding hydrogens is 206 g/mol. The van der Waals surface area contributed by atoms with Crippen LogP contribution in [0.15, 0.2) is 5.38 Å². The minimum absolute atomic E-state index is 0.318. The first-order chi connectivity index (χ1) is 6.18. The molecule has 0 saturated carbocycles. The largest absolute Gasteiger partial charge is 0.301 e. The Morgan fingerprint density at radius 1 is 1.69 bits per heavy atom. The molecule has 1 aromatic heterocycles. The van der Waals surface area contributed by atoms with Gasteiger partial charge in [0, 0.05) is 28.9 Å². The maximum absolute atomic E-state index is 11.0. The Balaban J connectivity index is 2.39. The molecule has 70 valence electrons. The van der Waals surface area contributed by atoms with Gasteiger partial charge in [-0.25, -0.2) is 0 Å². The van der Waals surface area contributed by atoms with E-state index < -0.39 is 0 Å². The average Bonchev–Trinajstić information content (AvgIpc) is 2.46. The van der Waals surface area contributed by atoms with Gasteiger partial charge in [-0.05, 0) is 30.6 Å². The summed E-state index contributed by atoms with van der Waals surface area (Å²) < 4.78 is 0. The first kappa shape index (κ1) is 9.19. The zero-order valence-corrected chi connectivity index (χ0v) is 8.91. The SMILES string of the molecule is CN1CCc2c(C(=O)Cl)csc2C1. The Morgan fingerprint density at radius 2 is 2.46 bits per heavy atom. The summed E-state index contributed by atoms with van der Waals surface area (Å²) in [6.45, 7) is 1.96. The molecule has 0 fully saturated rings. The van der Waals surface area contributed by atoms with Crippen LogP contribution in [0.25, 0.3) is 0 Å². The van der Waals surface area contributed by atoms with Gasteiger partial charge in [0.2, 0.25) is 0 Å². The van der Waals surface area contributed by atoms with Gasteiger partial charge >= 0.3 is 0 Å². The monoisotopic (exact) mass is 215 g/mol. The molecule has 1 aliphatic rings. The standard InChI is InChI=1S/C9H10ClNOS/c1-11-3-2-6-7(9(10)12)5-13-8(6)4-11/h5H,2-4H2,1H3. The zero-order chi connectivity index (χ0) is 9.42. The zero-order valence-electron chi connectivity index (χ0n) is 7.34. The summed E-state index contributed by atoms with van der Waals surface area (Å²) in [4.78, 5) is 14.6. The molecule has 0 unspecified atom stereocenters. The van der Waals surface area contributed by atoms with Crippen molar-refractivity contribution in [2.45, 2.75) is 13.0 Å². The lowest BCUT2D eigenvalue weighted by Crippen LogP contribution is -2.25. The van der Waals surface area contributed by atoms with Crippen molar-refractivity contribution in [1.29, 1.82) is 0 Å². The fraction of sp³-hybridized carbons (Fsp3) is 0.444. The van der Waals surface area contributed by atoms with Crippen molar-refractivity contribution in [1.82, 2.24) is 4.90 Å². The molecule has 4 heteroatoms. The van der Waals surface area contributed by atoms with E-state index in [1.807, 2.05) is 5.38 Å². The van der Waals surface area contributed by atoms with Gasteiger partial charge in [0.05, 0.1) is 0 Å². The van der Waals surface area contributed by atoms with Crippen LogP contribution in [0, 0.1) is 0 Å². The summed E-state index contributed by atoms with van der Waals surface area (Å²) >= 11 is 7.11. The van der Waals surface area contributed by atoms with Crippen molar-refractivity contribution in [2.24, 2.45) is 0 Å². The van der Waals surface area contributed by atoms with Crippen LogP contribution in [-0.4, -0.2) is 23.7 Å². The Morgan fingerprint density at radius 3 is 3.15 bits per heavy atom. The molecule has 0 spiro atoms. The number of nitrogens with zero attached hydrogens (tertiary/aromatic N) is 1. The average molecular weight is 216 g/mol. The van der Waals surface area contributed by atoms with E-state index in [2.05, 4.69) is 11.9 Å². The minimum Gasteiger partial charge on any atom is -0.301 e. The maximum atomic E-state index is 11.0. The molecule has 0 amide bonds. The molecule has 1 aliphatic heterocycles. The number of carbonyl (C=O) groups is 1. The number of thiophene rings is 1. The number of hydrogen-bond acceptors (Lipinski definition) is 3. The Labute approximate surface area is 86.1 Å². The Kier molecular flexibility index (Phi) is 2.41. The van der Waals surface area contributed by atoms with Crippen molar-refractivity contribution >= 4 is 28.2 Å². The lowest BCUT2D eigenvalue weighted by atomic mass is 10.0. The number of fused-ring (bicyclic) bond motifs is 1. The van der Waals surface area contributed by atoms with Crippen molar-refractivity contribution in [3.63, 3.8) is 0 Å². The van der Waals surface area contributed by atoms with Gasteiger partial charge in [-0.3, -0.25) is 4.79 Å². The summed E-state index contributed by atoms with van der Waals surface area (Å²) in [5.41, 5.74) is 1.89. The normalized spacial score (nSPS) is 17.1. The van der Waals surface area contributed by atoms with Gasteiger partial charge in [0.15, 0.2) is 0 Å². The third-order valence-corrected chi connectivity index (χ3v) is 3.57. The Bertz CT molecular complexity index is 347. The molecule has 2 heterocycles. The Hall–Kier alpha value is -0.380. The van der Waals surface area contributed by atoms with E-state index in [4.69, 9.17) is 11.6 Å². The van der Waals surface area contributed by atoms with Crippen LogP contribution in [0.4, 0.5) is 0 Å². The first-order valence-corrected chi connectivity index (χ1v) is 5.42. The maximum Gasteiger partial charge on any atom is 0.253 e. The summed E-state index contributed by atoms with van der Waals surface area (Å²) in [7, 11) is 2.09. The second-order valence-corrected chi connectivity index (χ2v) is 4.62. The molecule has 13 heavy (non-hydrogen) atoms. The number of rotatable bonds is 1. The number of hydrogen-bond donors (Lipinski definition) is 0. The highest BCUT2D eigenvalue weighted by molar-refractivity contribution is 7.10. The predicted molar refractivity (Wildman–Crippen MR) is 54.5 cm³/mol. The highest BCUT2D eigenvalue weighted by atomic mass is 35.5. The van der Waals surface area contributed by atoms with Crippen molar-refractivity contribution in [3.05, 3.63) is 21.4 Å². The lowest BCUT2D eigenvalue weighted by Gasteiger charge is -2.22. The van der Waals surface area contributed by atoms with Crippen LogP contribution in [-0.2, 0) is 13.0 Å². The quantitative estimate of drug-likeness (QED) is 0.669. The second-order valence-electron chi connectivity index (χ2n) is 3.31. The van der Waals surface area contributed by atoms with Crippen LogP contribution in [0.1, 0.15) is 20.8 Å². The van der Waals surface area contributed by atoms with Crippen molar-refractivity contribution in [2.75, 3.05) is 13.6 Å². The first-order valence-electron chi connectivity index (χ1n) is 4.16. The molecule has 0 saturated heterocycles. The number of halogens is 1. The minimum atomic E-state index is -0.318. The van der Waals surface area contributed by atoms with E-state index in [-0.39, 0.29) is 5.24 Å². The van der Waals surface area contributed by atoms with Gasteiger partial charge in [-0.15, -0.1) is 11.3 Å². The van der Waals surface area contributed by atoms with Gasteiger partial charge in [0.1, 0.15) is 0 Å². The predicted octanol–water partition coefficient (Wildman–Crippen LogP) is 2.12. The summed E-state index contributed by atoms with van der Waals surface area (Å²) in [6.07, 6.45) is 0.948. The highest BCUT2D eigenvalue weighted by Crippen LogP contribution is 2.28. The molecule has 0 aliphatic carbocycles. The smallest absolute Gasteiger partial charge is 0.253 e. The van der Waals surface area contributed by atoms with Gasteiger partial charge < -0.3 is 4.90 Å². The van der Waals surface area contributed by atoms with E-state index in [0.717, 1.165) is 25.1 Å². The van der Waals surface area contributed by atoms with E-state index in [9.17, 15) is 4.79 Å². The number of carbonyl (C=O) groups excluding carboxylic acids is 1. The highest BCUT2D eigenvalue weighted by Gasteiger charge is 2.20. The van der Waals surface area contributed by atoms with Crippen LogP contribution < -0.4 is 0 Å². The molecule has 0 atom stereocenters. The van der Waals surface area contributed by atoms with Gasteiger partial charge in [-0.1, -0.05) is 0 Å². The molecule has 0 radical (unpaired) electrons. The van der Waals surface area contributed by atoms with Crippen molar-refractivity contribution in [3.8, 4) is 0 Å². The third kappa shape index (κ3) is 1.64. The van der Waals surface area contributed by atoms with Gasteiger partial charge in [-0.2, -0.15) is 0 Å². The summed E-state index contributed by atoms with van der Waals surface area (Å²) in [5, 5.41) is 1.56. The van der Waals surface area contributed by atoms with Crippen LogP contribution in [0.5, 0.6) is 0 Å². The second kappa shape index (κ2) is 3.40. The number of likely N-dealkylation sites (N-methyl/N-ethyl adjacent to an activating group) is 1. The molecule has 2 rings (SSSR count). The fourth-order valence-electron chi connectivity index (χ4n) is 1.62. The van der Waals surface area contributed by atoms with E-state index in [1.165, 1.54) is 10.4 Å². The topological polar surface area (TPSA) is 20.3 Å². The third-order valence-electron chi connectivity index (χ3n) is 2.35. The lowest BCUT2D eigenvalue weighted by molar-refractivity contribution is 0.108.